The highest BCUT2D eigenvalue weighted by Gasteiger charge is 2.05. The number of rotatable bonds is 7. The van der Waals surface area contributed by atoms with E-state index in [1.165, 1.54) is 0 Å². The number of hydrogen-bond donors (Lipinski definition) is 3. The highest BCUT2D eigenvalue weighted by Crippen LogP contribution is 2.13. The SMILES string of the molecule is Cc1ccnc(Nc2ccc(NCCNC(=O)c3cccc(Br)c3)nn2)c1. The number of halogens is 1. The average molecular weight is 427 g/mol. The first-order valence-corrected chi connectivity index (χ1v) is 9.20. The smallest absolute Gasteiger partial charge is 0.251 e. The Morgan fingerprint density at radius 3 is 2.56 bits per heavy atom. The van der Waals surface area contributed by atoms with E-state index in [2.05, 4.69) is 47.1 Å². The zero-order chi connectivity index (χ0) is 19.1. The van der Waals surface area contributed by atoms with Gasteiger partial charge in [-0.15, -0.1) is 10.2 Å². The molecular weight excluding hydrogens is 408 g/mol. The third-order valence-electron chi connectivity index (χ3n) is 3.64. The summed E-state index contributed by atoms with van der Waals surface area (Å²) in [6.07, 6.45) is 1.74. The maximum Gasteiger partial charge on any atom is 0.251 e. The predicted octanol–water partition coefficient (Wildman–Crippen LogP) is 3.53. The van der Waals surface area contributed by atoms with Crippen LogP contribution in [-0.2, 0) is 0 Å². The van der Waals surface area contributed by atoms with Crippen LogP contribution in [0.2, 0.25) is 0 Å². The lowest BCUT2D eigenvalue weighted by Crippen LogP contribution is -2.28. The van der Waals surface area contributed by atoms with E-state index in [-0.39, 0.29) is 5.91 Å². The summed E-state index contributed by atoms with van der Waals surface area (Å²) in [5.74, 6) is 1.85. The fraction of sp³-hybridized carbons (Fsp3) is 0.158. The van der Waals surface area contributed by atoms with Crippen LogP contribution in [0.25, 0.3) is 0 Å². The largest absolute Gasteiger partial charge is 0.367 e. The highest BCUT2D eigenvalue weighted by molar-refractivity contribution is 9.10. The minimum Gasteiger partial charge on any atom is -0.367 e. The third-order valence-corrected chi connectivity index (χ3v) is 4.13. The number of amides is 1. The van der Waals surface area contributed by atoms with Crippen molar-refractivity contribution >= 4 is 39.3 Å². The zero-order valence-electron chi connectivity index (χ0n) is 14.7. The second-order valence-corrected chi connectivity index (χ2v) is 6.76. The molecule has 27 heavy (non-hydrogen) atoms. The maximum atomic E-state index is 12.0. The molecular formula is C19H19BrN6O. The fourth-order valence-electron chi connectivity index (χ4n) is 2.33. The second-order valence-electron chi connectivity index (χ2n) is 5.84. The molecule has 3 aromatic rings. The first-order chi connectivity index (χ1) is 13.1. The lowest BCUT2D eigenvalue weighted by molar-refractivity contribution is 0.0955. The van der Waals surface area contributed by atoms with Crippen molar-refractivity contribution in [3.63, 3.8) is 0 Å². The molecule has 0 radical (unpaired) electrons. The van der Waals surface area contributed by atoms with E-state index in [0.29, 0.717) is 30.3 Å². The Kier molecular flexibility index (Phi) is 6.32. The van der Waals surface area contributed by atoms with Crippen LogP contribution in [0.4, 0.5) is 17.5 Å². The Morgan fingerprint density at radius 1 is 1.00 bits per heavy atom. The molecule has 0 fully saturated rings. The number of benzene rings is 1. The Bertz CT molecular complexity index is 916. The predicted molar refractivity (Wildman–Crippen MR) is 109 cm³/mol. The Labute approximate surface area is 165 Å². The molecule has 3 rings (SSSR count). The van der Waals surface area contributed by atoms with Crippen molar-refractivity contribution in [3.8, 4) is 0 Å². The number of nitrogens with one attached hydrogen (secondary N) is 3. The Balaban J connectivity index is 1.44. The molecule has 2 aromatic heterocycles. The summed E-state index contributed by atoms with van der Waals surface area (Å²) in [6.45, 7) is 3.02. The molecule has 0 bridgehead atoms. The minimum atomic E-state index is -0.116. The standard InChI is InChI=1S/C19H19BrN6O/c1-13-7-8-21-18(11-13)24-17-6-5-16(25-26-17)22-9-10-23-19(27)14-3-2-4-15(20)12-14/h2-8,11-12H,9-10H2,1H3,(H,22,25)(H,23,27)(H,21,24,26). The quantitative estimate of drug-likeness (QED) is 0.500. The molecule has 2 heterocycles. The van der Waals surface area contributed by atoms with Gasteiger partial charge in [0.1, 0.15) is 11.6 Å². The van der Waals surface area contributed by atoms with Crippen molar-refractivity contribution < 1.29 is 4.79 Å². The molecule has 1 amide bonds. The molecule has 0 saturated carbocycles. The highest BCUT2D eigenvalue weighted by atomic mass is 79.9. The molecule has 1 aromatic carbocycles. The van der Waals surface area contributed by atoms with E-state index in [1.54, 1.807) is 18.3 Å². The minimum absolute atomic E-state index is 0.116. The summed E-state index contributed by atoms with van der Waals surface area (Å²) < 4.78 is 0.873. The lowest BCUT2D eigenvalue weighted by Gasteiger charge is -2.08. The van der Waals surface area contributed by atoms with Crippen molar-refractivity contribution in [3.05, 3.63) is 70.3 Å². The number of hydrogen-bond acceptors (Lipinski definition) is 6. The van der Waals surface area contributed by atoms with Crippen LogP contribution in [0.15, 0.2) is 59.2 Å². The first kappa shape index (κ1) is 18.8. The number of anilines is 3. The number of pyridine rings is 1. The normalized spacial score (nSPS) is 10.3. The number of aryl methyl sites for hydroxylation is 1. The van der Waals surface area contributed by atoms with Crippen molar-refractivity contribution in [1.29, 1.82) is 0 Å². The van der Waals surface area contributed by atoms with Crippen LogP contribution in [0.5, 0.6) is 0 Å². The van der Waals surface area contributed by atoms with Crippen LogP contribution >= 0.6 is 15.9 Å². The fourth-order valence-corrected chi connectivity index (χ4v) is 2.73. The van der Waals surface area contributed by atoms with Crippen molar-refractivity contribution in [2.75, 3.05) is 23.7 Å². The van der Waals surface area contributed by atoms with Gasteiger partial charge in [0.2, 0.25) is 0 Å². The average Bonchev–Trinajstić information content (AvgIpc) is 2.66. The van der Waals surface area contributed by atoms with Gasteiger partial charge in [-0.2, -0.15) is 0 Å². The molecule has 0 saturated heterocycles. The zero-order valence-corrected chi connectivity index (χ0v) is 16.3. The molecule has 0 atom stereocenters. The third kappa shape index (κ3) is 5.75. The van der Waals surface area contributed by atoms with Crippen LogP contribution in [0.1, 0.15) is 15.9 Å². The van der Waals surface area contributed by atoms with Gasteiger partial charge in [-0.05, 0) is 55.0 Å². The molecule has 0 aliphatic heterocycles. The first-order valence-electron chi connectivity index (χ1n) is 8.41. The summed E-state index contributed by atoms with van der Waals surface area (Å²) in [6, 6.07) is 14.8. The van der Waals surface area contributed by atoms with E-state index in [0.717, 1.165) is 15.9 Å². The van der Waals surface area contributed by atoms with Crippen molar-refractivity contribution in [2.24, 2.45) is 0 Å². The number of nitrogens with zero attached hydrogens (tertiary/aromatic N) is 3. The molecule has 8 heteroatoms. The maximum absolute atomic E-state index is 12.0. The van der Waals surface area contributed by atoms with Gasteiger partial charge >= 0.3 is 0 Å². The van der Waals surface area contributed by atoms with E-state index in [9.17, 15) is 4.79 Å². The summed E-state index contributed by atoms with van der Waals surface area (Å²) in [5.41, 5.74) is 1.73. The lowest BCUT2D eigenvalue weighted by atomic mass is 10.2. The van der Waals surface area contributed by atoms with Gasteiger partial charge in [0.05, 0.1) is 0 Å². The van der Waals surface area contributed by atoms with Gasteiger partial charge in [0.15, 0.2) is 5.82 Å². The topological polar surface area (TPSA) is 91.8 Å². The number of carbonyl (C=O) groups excluding carboxylic acids is 1. The summed E-state index contributed by atoms with van der Waals surface area (Å²) in [7, 11) is 0. The summed E-state index contributed by atoms with van der Waals surface area (Å²) >= 11 is 3.36. The van der Waals surface area contributed by atoms with Gasteiger partial charge in [0.25, 0.3) is 5.91 Å². The number of aromatic nitrogens is 3. The molecule has 0 spiro atoms. The molecule has 0 unspecified atom stereocenters. The molecule has 138 valence electrons. The van der Waals surface area contributed by atoms with E-state index in [1.807, 2.05) is 43.3 Å². The van der Waals surface area contributed by atoms with Gasteiger partial charge in [-0.25, -0.2) is 4.98 Å². The summed E-state index contributed by atoms with van der Waals surface area (Å²) in [4.78, 5) is 16.3. The van der Waals surface area contributed by atoms with Crippen LogP contribution < -0.4 is 16.0 Å². The van der Waals surface area contributed by atoms with Gasteiger partial charge in [-0.3, -0.25) is 4.79 Å². The van der Waals surface area contributed by atoms with Crippen LogP contribution in [0.3, 0.4) is 0 Å². The van der Waals surface area contributed by atoms with Crippen LogP contribution in [0, 0.1) is 6.92 Å². The van der Waals surface area contributed by atoms with Crippen LogP contribution in [-0.4, -0.2) is 34.2 Å². The van der Waals surface area contributed by atoms with Crippen molar-refractivity contribution in [2.45, 2.75) is 6.92 Å². The Morgan fingerprint density at radius 2 is 1.81 bits per heavy atom. The molecule has 7 nitrogen and oxygen atoms in total. The number of carbonyl (C=O) groups is 1. The molecule has 0 aliphatic carbocycles. The monoisotopic (exact) mass is 426 g/mol. The van der Waals surface area contributed by atoms with Gasteiger partial charge in [0, 0.05) is 29.3 Å². The second kappa shape index (κ2) is 9.09. The van der Waals surface area contributed by atoms with E-state index in [4.69, 9.17) is 0 Å². The molecule has 0 aliphatic rings. The summed E-state index contributed by atoms with van der Waals surface area (Å²) in [5, 5.41) is 17.3. The van der Waals surface area contributed by atoms with Gasteiger partial charge < -0.3 is 16.0 Å². The molecule has 3 N–H and O–H groups in total. The van der Waals surface area contributed by atoms with E-state index < -0.39 is 0 Å². The van der Waals surface area contributed by atoms with Crippen molar-refractivity contribution in [1.82, 2.24) is 20.5 Å². The van der Waals surface area contributed by atoms with E-state index >= 15 is 0 Å². The Hall–Kier alpha value is -3.00. The van der Waals surface area contributed by atoms with Gasteiger partial charge in [-0.1, -0.05) is 22.0 Å².